The Labute approximate surface area is 204 Å². The number of carbonyl (C=O) groups is 1. The first kappa shape index (κ1) is 25.0. The summed E-state index contributed by atoms with van der Waals surface area (Å²) in [6.07, 6.45) is 1.24. The number of benzene rings is 3. The molecule has 1 N–H and O–H groups in total. The Balaban J connectivity index is 1.55. The molecule has 0 unspecified atom stereocenters. The van der Waals surface area contributed by atoms with Crippen LogP contribution in [0.2, 0.25) is 0 Å². The van der Waals surface area contributed by atoms with Crippen molar-refractivity contribution in [3.63, 3.8) is 0 Å². The number of rotatable bonds is 6. The zero-order valence-corrected chi connectivity index (χ0v) is 20.2. The monoisotopic (exact) mass is 481 g/mol. The van der Waals surface area contributed by atoms with Crippen molar-refractivity contribution in [3.8, 4) is 11.1 Å². The van der Waals surface area contributed by atoms with Gasteiger partial charge in [-0.15, -0.1) is 0 Å². The van der Waals surface area contributed by atoms with Gasteiger partial charge in [-0.3, -0.25) is 4.79 Å². The van der Waals surface area contributed by atoms with Gasteiger partial charge >= 0.3 is 0 Å². The van der Waals surface area contributed by atoms with E-state index in [0.29, 0.717) is 30.5 Å². The van der Waals surface area contributed by atoms with Crippen LogP contribution >= 0.6 is 0 Å². The summed E-state index contributed by atoms with van der Waals surface area (Å²) >= 11 is 0. The number of hydrogen-bond acceptors (Lipinski definition) is 2. The maximum absolute atomic E-state index is 14.2. The lowest BCUT2D eigenvalue weighted by Crippen LogP contribution is -2.49. The zero-order chi connectivity index (χ0) is 25.4. The molecule has 0 radical (unpaired) electrons. The molecule has 0 aliphatic carbocycles. The highest BCUT2D eigenvalue weighted by Crippen LogP contribution is 2.44. The molecule has 1 saturated heterocycles. The molecule has 1 heterocycles. The molecule has 4 rings (SSSR count). The topological polar surface area (TPSA) is 40.5 Å². The lowest BCUT2D eigenvalue weighted by Gasteiger charge is -2.46. The molecular weight excluding hydrogens is 451 g/mol. The molecule has 35 heavy (non-hydrogen) atoms. The summed E-state index contributed by atoms with van der Waals surface area (Å²) in [5, 5.41) is 10.6. The fourth-order valence-electron chi connectivity index (χ4n) is 5.32. The van der Waals surface area contributed by atoms with Gasteiger partial charge in [-0.2, -0.15) is 0 Å². The van der Waals surface area contributed by atoms with Crippen molar-refractivity contribution in [2.45, 2.75) is 57.1 Å². The summed E-state index contributed by atoms with van der Waals surface area (Å²) in [5.41, 5.74) is 1.13. The van der Waals surface area contributed by atoms with Crippen LogP contribution in [0.15, 0.2) is 66.7 Å². The number of nitrogens with zero attached hydrogens (tertiary/aromatic N) is 1. The van der Waals surface area contributed by atoms with Crippen molar-refractivity contribution >= 4 is 5.91 Å². The van der Waals surface area contributed by atoms with Gasteiger partial charge < -0.3 is 10.0 Å². The van der Waals surface area contributed by atoms with Crippen LogP contribution in [-0.4, -0.2) is 28.1 Å². The molecule has 1 aliphatic rings. The Morgan fingerprint density at radius 1 is 0.971 bits per heavy atom. The summed E-state index contributed by atoms with van der Waals surface area (Å²) in [7, 11) is 0. The molecule has 1 amide bonds. The van der Waals surface area contributed by atoms with Gasteiger partial charge in [0.25, 0.3) is 0 Å². The molecule has 3 aromatic rings. The maximum atomic E-state index is 14.2. The van der Waals surface area contributed by atoms with E-state index in [1.54, 1.807) is 38.1 Å². The second-order valence-corrected chi connectivity index (χ2v) is 10.2. The second-order valence-electron chi connectivity index (χ2n) is 10.2. The SMILES string of the molecule is C[C@H](c1ccc(-c2ccc(F)cc2F)cc1)N1CC[C@@](CC(C)(C)O)(c2ccc(F)cc2)CC1=O. The molecular formula is C29H30F3NO2. The van der Waals surface area contributed by atoms with Gasteiger partial charge in [0.05, 0.1) is 11.6 Å². The van der Waals surface area contributed by atoms with E-state index in [-0.39, 0.29) is 24.2 Å². The summed E-state index contributed by atoms with van der Waals surface area (Å²) < 4.78 is 41.0. The first-order valence-electron chi connectivity index (χ1n) is 11.8. The molecule has 0 bridgehead atoms. The van der Waals surface area contributed by atoms with E-state index in [9.17, 15) is 23.1 Å². The van der Waals surface area contributed by atoms with E-state index in [2.05, 4.69) is 0 Å². The average Bonchev–Trinajstić information content (AvgIpc) is 2.78. The third-order valence-corrected chi connectivity index (χ3v) is 6.97. The van der Waals surface area contributed by atoms with E-state index < -0.39 is 22.7 Å². The lowest BCUT2D eigenvalue weighted by molar-refractivity contribution is -0.139. The number of likely N-dealkylation sites (tertiary alicyclic amines) is 1. The van der Waals surface area contributed by atoms with Crippen molar-refractivity contribution in [1.82, 2.24) is 4.90 Å². The summed E-state index contributed by atoms with van der Waals surface area (Å²) in [5.74, 6) is -1.62. The van der Waals surface area contributed by atoms with Crippen molar-refractivity contribution in [1.29, 1.82) is 0 Å². The Morgan fingerprint density at radius 3 is 2.17 bits per heavy atom. The molecule has 184 valence electrons. The number of halogens is 3. The first-order valence-corrected chi connectivity index (χ1v) is 11.8. The highest BCUT2D eigenvalue weighted by Gasteiger charge is 2.44. The van der Waals surface area contributed by atoms with E-state index in [4.69, 9.17) is 0 Å². The summed E-state index contributed by atoms with van der Waals surface area (Å²) in [6.45, 7) is 5.89. The van der Waals surface area contributed by atoms with Gasteiger partial charge in [0.1, 0.15) is 17.5 Å². The number of amides is 1. The van der Waals surface area contributed by atoms with Crippen molar-refractivity contribution in [3.05, 3.63) is 95.3 Å². The minimum atomic E-state index is -0.992. The third kappa shape index (κ3) is 5.43. The smallest absolute Gasteiger partial charge is 0.223 e. The fraction of sp³-hybridized carbons (Fsp3) is 0.345. The van der Waals surface area contributed by atoms with Crippen molar-refractivity contribution in [2.24, 2.45) is 0 Å². The van der Waals surface area contributed by atoms with Crippen molar-refractivity contribution < 1.29 is 23.1 Å². The van der Waals surface area contributed by atoms with Crippen LogP contribution in [0, 0.1) is 17.5 Å². The molecule has 1 fully saturated rings. The van der Waals surface area contributed by atoms with Crippen LogP contribution < -0.4 is 0 Å². The zero-order valence-electron chi connectivity index (χ0n) is 20.2. The van der Waals surface area contributed by atoms with Gasteiger partial charge in [-0.1, -0.05) is 36.4 Å². The van der Waals surface area contributed by atoms with Crippen LogP contribution in [0.1, 0.15) is 57.2 Å². The average molecular weight is 482 g/mol. The standard InChI is InChI=1S/C29H30F3NO2/c1-19(20-4-6-21(7-5-20)25-13-12-24(31)16-26(25)32)33-15-14-29(17-27(33)34,18-28(2,3)35)22-8-10-23(30)11-9-22/h4-13,16,19,35H,14-15,17-18H2,1-3H3/t19-,29-/m1/s1. The van der Waals surface area contributed by atoms with Crippen LogP contribution in [0.3, 0.4) is 0 Å². The van der Waals surface area contributed by atoms with Crippen LogP contribution in [0.4, 0.5) is 13.2 Å². The second kappa shape index (κ2) is 9.50. The molecule has 3 aromatic carbocycles. The summed E-state index contributed by atoms with van der Waals surface area (Å²) in [4.78, 5) is 15.2. The Kier molecular flexibility index (Phi) is 6.78. The van der Waals surface area contributed by atoms with Crippen LogP contribution in [0.25, 0.3) is 11.1 Å². The third-order valence-electron chi connectivity index (χ3n) is 6.97. The minimum absolute atomic E-state index is 0.0361. The highest BCUT2D eigenvalue weighted by molar-refractivity contribution is 5.79. The highest BCUT2D eigenvalue weighted by atomic mass is 19.1. The molecule has 0 spiro atoms. The number of carbonyl (C=O) groups excluding carboxylic acids is 1. The molecule has 6 heteroatoms. The lowest BCUT2D eigenvalue weighted by atomic mass is 9.66. The van der Waals surface area contributed by atoms with Gasteiger partial charge in [-0.25, -0.2) is 13.2 Å². The van der Waals surface area contributed by atoms with Crippen LogP contribution in [0.5, 0.6) is 0 Å². The van der Waals surface area contributed by atoms with E-state index in [1.165, 1.54) is 24.3 Å². The quantitative estimate of drug-likeness (QED) is 0.434. The van der Waals surface area contributed by atoms with Gasteiger partial charge in [-0.05, 0) is 74.6 Å². The van der Waals surface area contributed by atoms with Crippen LogP contribution in [-0.2, 0) is 10.2 Å². The molecule has 0 aromatic heterocycles. The predicted molar refractivity (Wildman–Crippen MR) is 130 cm³/mol. The number of hydrogen-bond donors (Lipinski definition) is 1. The van der Waals surface area contributed by atoms with Gasteiger partial charge in [0.2, 0.25) is 5.91 Å². The number of piperidine rings is 1. The van der Waals surface area contributed by atoms with E-state index >= 15 is 0 Å². The molecule has 3 nitrogen and oxygen atoms in total. The fourth-order valence-corrected chi connectivity index (χ4v) is 5.32. The van der Waals surface area contributed by atoms with Gasteiger partial charge in [0, 0.05) is 30.0 Å². The Hall–Kier alpha value is -3.12. The maximum Gasteiger partial charge on any atom is 0.223 e. The van der Waals surface area contributed by atoms with E-state index in [1.807, 2.05) is 24.0 Å². The summed E-state index contributed by atoms with van der Waals surface area (Å²) in [6, 6.07) is 16.8. The molecule has 1 aliphatic heterocycles. The van der Waals surface area contributed by atoms with Gasteiger partial charge in [0.15, 0.2) is 0 Å². The van der Waals surface area contributed by atoms with Crippen molar-refractivity contribution in [2.75, 3.05) is 6.54 Å². The number of aliphatic hydroxyl groups is 1. The molecule has 2 atom stereocenters. The Bertz CT molecular complexity index is 1200. The first-order chi connectivity index (χ1) is 16.5. The predicted octanol–water partition coefficient (Wildman–Crippen LogP) is 6.55. The molecule has 0 saturated carbocycles. The normalized spacial score (nSPS) is 19.6. The largest absolute Gasteiger partial charge is 0.390 e. The minimum Gasteiger partial charge on any atom is -0.390 e. The van der Waals surface area contributed by atoms with E-state index in [0.717, 1.165) is 17.2 Å². The Morgan fingerprint density at radius 2 is 1.60 bits per heavy atom.